The van der Waals surface area contributed by atoms with Crippen LogP contribution in [-0.2, 0) is 25.8 Å². The highest BCUT2D eigenvalue weighted by atomic mass is 16.6. The lowest BCUT2D eigenvalue weighted by Crippen LogP contribution is -2.42. The molecule has 132 valence electrons. The predicted molar refractivity (Wildman–Crippen MR) is 97.9 cm³/mol. The van der Waals surface area contributed by atoms with E-state index in [1.165, 1.54) is 11.1 Å². The summed E-state index contributed by atoms with van der Waals surface area (Å²) in [6.07, 6.45) is 7.37. The van der Waals surface area contributed by atoms with Crippen LogP contribution in [0.15, 0.2) is 36.1 Å². The van der Waals surface area contributed by atoms with E-state index in [1.54, 1.807) is 6.08 Å². The van der Waals surface area contributed by atoms with E-state index < -0.39 is 11.4 Å². The number of rotatable bonds is 2. The van der Waals surface area contributed by atoms with Crippen molar-refractivity contribution < 1.29 is 14.6 Å². The van der Waals surface area contributed by atoms with Crippen LogP contribution < -0.4 is 0 Å². The van der Waals surface area contributed by atoms with Gasteiger partial charge in [-0.2, -0.15) is 0 Å². The molecule has 0 spiro atoms. The minimum Gasteiger partial charge on any atom is -0.481 e. The van der Waals surface area contributed by atoms with Gasteiger partial charge < -0.3 is 9.84 Å². The number of allylic oxidation sites excluding steroid dienone is 2. The molecule has 4 rings (SSSR count). The van der Waals surface area contributed by atoms with E-state index in [9.17, 15) is 9.90 Å². The SMILES string of the molecule is Cc1cc2c(cc1C1(C(=O)O)C=CC=C3OC31)C(C)(C)CCC2(C)C. The Labute approximate surface area is 149 Å². The zero-order chi connectivity index (χ0) is 18.2. The number of ether oxygens (including phenoxy) is 1. The molecule has 1 saturated heterocycles. The molecule has 0 radical (unpaired) electrons. The summed E-state index contributed by atoms with van der Waals surface area (Å²) in [4.78, 5) is 12.4. The number of carboxylic acids is 1. The van der Waals surface area contributed by atoms with Gasteiger partial charge in [-0.15, -0.1) is 0 Å². The highest BCUT2D eigenvalue weighted by Gasteiger charge is 2.59. The van der Waals surface area contributed by atoms with E-state index in [-0.39, 0.29) is 16.9 Å². The third-order valence-electron chi connectivity index (χ3n) is 6.49. The first kappa shape index (κ1) is 16.4. The number of hydrogen-bond donors (Lipinski definition) is 1. The molecule has 1 heterocycles. The molecule has 0 aromatic heterocycles. The Hall–Kier alpha value is -2.03. The number of carbonyl (C=O) groups is 1. The van der Waals surface area contributed by atoms with Crippen LogP contribution in [0.25, 0.3) is 0 Å². The average Bonchev–Trinajstić information content (AvgIpc) is 3.31. The summed E-state index contributed by atoms with van der Waals surface area (Å²) in [5, 5.41) is 10.1. The smallest absolute Gasteiger partial charge is 0.322 e. The maximum atomic E-state index is 12.4. The van der Waals surface area contributed by atoms with Gasteiger partial charge in [0.05, 0.1) is 0 Å². The van der Waals surface area contributed by atoms with E-state index in [2.05, 4.69) is 39.8 Å². The number of hydrogen-bond acceptors (Lipinski definition) is 2. The van der Waals surface area contributed by atoms with Gasteiger partial charge in [-0.05, 0) is 58.9 Å². The minimum atomic E-state index is -1.11. The van der Waals surface area contributed by atoms with Crippen LogP contribution in [0.2, 0.25) is 0 Å². The Morgan fingerprint density at radius 2 is 1.68 bits per heavy atom. The second kappa shape index (κ2) is 4.78. The minimum absolute atomic E-state index is 0.0501. The predicted octanol–water partition coefficient (Wildman–Crippen LogP) is 4.52. The third kappa shape index (κ3) is 2.14. The number of aryl methyl sites for hydroxylation is 1. The van der Waals surface area contributed by atoms with E-state index >= 15 is 0 Å². The molecular weight excluding hydrogens is 312 g/mol. The number of epoxide rings is 1. The van der Waals surface area contributed by atoms with Gasteiger partial charge in [-0.3, -0.25) is 4.79 Å². The zero-order valence-corrected chi connectivity index (χ0v) is 15.6. The lowest BCUT2D eigenvalue weighted by molar-refractivity contribution is -0.142. The molecule has 25 heavy (non-hydrogen) atoms. The molecule has 0 bridgehead atoms. The second-order valence-electron chi connectivity index (χ2n) is 9.08. The molecule has 1 aromatic rings. The number of aliphatic carboxylic acids is 1. The normalized spacial score (nSPS) is 30.6. The molecule has 3 heteroatoms. The van der Waals surface area contributed by atoms with Gasteiger partial charge in [0.2, 0.25) is 0 Å². The van der Waals surface area contributed by atoms with Crippen LogP contribution in [0.5, 0.6) is 0 Å². The molecule has 3 aliphatic rings. The van der Waals surface area contributed by atoms with Crippen LogP contribution in [0.1, 0.15) is 62.8 Å². The van der Waals surface area contributed by atoms with Crippen molar-refractivity contribution in [2.45, 2.75) is 69.8 Å². The summed E-state index contributed by atoms with van der Waals surface area (Å²) in [5.74, 6) is -0.0608. The van der Waals surface area contributed by atoms with Crippen molar-refractivity contribution >= 4 is 5.97 Å². The fraction of sp³-hybridized carbons (Fsp3) is 0.500. The molecule has 3 nitrogen and oxygen atoms in total. The third-order valence-corrected chi connectivity index (χ3v) is 6.49. The molecule has 1 aliphatic heterocycles. The topological polar surface area (TPSA) is 49.8 Å². The summed E-state index contributed by atoms with van der Waals surface area (Å²) >= 11 is 0. The van der Waals surface area contributed by atoms with Crippen LogP contribution >= 0.6 is 0 Å². The van der Waals surface area contributed by atoms with Gasteiger partial charge in [0.15, 0.2) is 11.5 Å². The molecule has 2 unspecified atom stereocenters. The average molecular weight is 338 g/mol. The lowest BCUT2D eigenvalue weighted by Gasteiger charge is -2.43. The monoisotopic (exact) mass is 338 g/mol. The highest BCUT2D eigenvalue weighted by Crippen LogP contribution is 2.52. The largest absolute Gasteiger partial charge is 0.481 e. The Morgan fingerprint density at radius 1 is 1.08 bits per heavy atom. The van der Waals surface area contributed by atoms with Crippen LogP contribution in [0.4, 0.5) is 0 Å². The fourth-order valence-corrected chi connectivity index (χ4v) is 4.63. The number of benzene rings is 1. The van der Waals surface area contributed by atoms with Crippen LogP contribution in [0, 0.1) is 6.92 Å². The first-order valence-electron chi connectivity index (χ1n) is 9.05. The van der Waals surface area contributed by atoms with Crippen molar-refractivity contribution in [3.63, 3.8) is 0 Å². The van der Waals surface area contributed by atoms with Crippen molar-refractivity contribution in [3.8, 4) is 0 Å². The molecule has 1 aromatic carbocycles. The molecule has 2 aliphatic carbocycles. The highest BCUT2D eigenvalue weighted by molar-refractivity contribution is 5.88. The van der Waals surface area contributed by atoms with Gasteiger partial charge in [-0.1, -0.05) is 52.0 Å². The second-order valence-corrected chi connectivity index (χ2v) is 9.08. The maximum Gasteiger partial charge on any atom is 0.322 e. The van der Waals surface area contributed by atoms with Crippen molar-refractivity contribution in [2.75, 3.05) is 0 Å². The summed E-state index contributed by atoms with van der Waals surface area (Å²) in [6.45, 7) is 11.1. The number of carboxylic acid groups (broad SMARTS) is 1. The Morgan fingerprint density at radius 3 is 2.28 bits per heavy atom. The first-order valence-corrected chi connectivity index (χ1v) is 9.05. The van der Waals surface area contributed by atoms with E-state index in [0.29, 0.717) is 0 Å². The van der Waals surface area contributed by atoms with Crippen LogP contribution in [0.3, 0.4) is 0 Å². The summed E-state index contributed by atoms with van der Waals surface area (Å²) in [5.41, 5.74) is 3.61. The van der Waals surface area contributed by atoms with Gasteiger partial charge >= 0.3 is 5.97 Å². The molecule has 0 amide bonds. The lowest BCUT2D eigenvalue weighted by atomic mass is 9.61. The summed E-state index contributed by atoms with van der Waals surface area (Å²) in [6, 6.07) is 4.39. The summed E-state index contributed by atoms with van der Waals surface area (Å²) in [7, 11) is 0. The molecular formula is C22H26O3. The number of fused-ring (bicyclic) bond motifs is 2. The fourth-order valence-electron chi connectivity index (χ4n) is 4.63. The molecule has 1 N–H and O–H groups in total. The van der Waals surface area contributed by atoms with Gasteiger partial charge in [0.1, 0.15) is 5.76 Å². The molecule has 2 atom stereocenters. The van der Waals surface area contributed by atoms with Crippen LogP contribution in [-0.4, -0.2) is 17.2 Å². The molecule has 1 fully saturated rings. The van der Waals surface area contributed by atoms with Gasteiger partial charge in [-0.25, -0.2) is 0 Å². The maximum absolute atomic E-state index is 12.4. The van der Waals surface area contributed by atoms with Crippen molar-refractivity contribution in [1.82, 2.24) is 0 Å². The van der Waals surface area contributed by atoms with Gasteiger partial charge in [0, 0.05) is 0 Å². The standard InChI is InChI=1S/C22H26O3/c1-13-11-15-16(21(4,5)10-9-20(15,2)3)12-14(13)22(19(23)24)8-6-7-17-18(22)25-17/h6-8,11-12,18H,9-10H2,1-5H3,(H,23,24). The Bertz CT molecular complexity index is 841. The van der Waals surface area contributed by atoms with Crippen molar-refractivity contribution in [3.05, 3.63) is 58.4 Å². The Kier molecular flexibility index (Phi) is 3.14. The van der Waals surface area contributed by atoms with E-state index in [1.807, 2.05) is 19.1 Å². The van der Waals surface area contributed by atoms with E-state index in [0.717, 1.165) is 29.7 Å². The Balaban J connectivity index is 1.97. The zero-order valence-electron chi connectivity index (χ0n) is 15.6. The molecule has 0 saturated carbocycles. The van der Waals surface area contributed by atoms with Crippen molar-refractivity contribution in [1.29, 1.82) is 0 Å². The van der Waals surface area contributed by atoms with Gasteiger partial charge in [0.25, 0.3) is 0 Å². The van der Waals surface area contributed by atoms with E-state index in [4.69, 9.17) is 4.74 Å². The quantitative estimate of drug-likeness (QED) is 0.807. The van der Waals surface area contributed by atoms with Crippen molar-refractivity contribution in [2.24, 2.45) is 0 Å². The summed E-state index contributed by atoms with van der Waals surface area (Å²) < 4.78 is 5.62. The first-order chi connectivity index (χ1) is 11.6.